The second-order valence-corrected chi connectivity index (χ2v) is 7.11. The summed E-state index contributed by atoms with van der Waals surface area (Å²) < 4.78 is 30.0. The summed E-state index contributed by atoms with van der Waals surface area (Å²) in [4.78, 5) is 13.7. The minimum atomic E-state index is -3.39. The van der Waals surface area contributed by atoms with Crippen molar-refractivity contribution < 1.29 is 17.9 Å². The molecule has 1 amide bonds. The number of nitrogens with zero attached hydrogens (tertiary/aromatic N) is 1. The molecule has 116 valence electrons. The van der Waals surface area contributed by atoms with E-state index in [0.717, 1.165) is 0 Å². The summed E-state index contributed by atoms with van der Waals surface area (Å²) in [5.41, 5.74) is 5.84. The molecular weight excluding hydrogens is 292 g/mol. The lowest BCUT2D eigenvalue weighted by atomic mass is 10.1. The molecule has 0 spiro atoms. The van der Waals surface area contributed by atoms with E-state index in [1.807, 2.05) is 6.92 Å². The van der Waals surface area contributed by atoms with Crippen LogP contribution in [0.15, 0.2) is 23.1 Å². The molecule has 0 bridgehead atoms. The lowest BCUT2D eigenvalue weighted by Crippen LogP contribution is -2.43. The maximum atomic E-state index is 12.2. The monoisotopic (exact) mass is 312 g/mol. The van der Waals surface area contributed by atoms with Gasteiger partial charge in [0, 0.05) is 7.05 Å². The number of rotatable bonds is 5. The van der Waals surface area contributed by atoms with E-state index in [0.29, 0.717) is 30.8 Å². The van der Waals surface area contributed by atoms with Gasteiger partial charge in [-0.1, -0.05) is 6.92 Å². The zero-order valence-corrected chi connectivity index (χ0v) is 13.0. The molecule has 0 fully saturated rings. The first-order valence-corrected chi connectivity index (χ1v) is 8.57. The van der Waals surface area contributed by atoms with Crippen LogP contribution in [0.5, 0.6) is 5.75 Å². The quantitative estimate of drug-likeness (QED) is 0.874. The number of nitrogens with two attached hydrogens (primary N) is 1. The van der Waals surface area contributed by atoms with Crippen LogP contribution in [0.25, 0.3) is 0 Å². The molecule has 1 atom stereocenters. The number of ether oxygens (including phenoxy) is 1. The molecule has 1 aliphatic rings. The van der Waals surface area contributed by atoms with E-state index in [9.17, 15) is 13.2 Å². The maximum absolute atomic E-state index is 12.2. The average Bonchev–Trinajstić information content (AvgIpc) is 2.48. The Balaban J connectivity index is 2.38. The number of benzene rings is 1. The highest BCUT2D eigenvalue weighted by Gasteiger charge is 2.31. The van der Waals surface area contributed by atoms with Crippen LogP contribution in [0.2, 0.25) is 0 Å². The summed E-state index contributed by atoms with van der Waals surface area (Å²) in [6, 6.07) is 4.61. The second-order valence-electron chi connectivity index (χ2n) is 5.00. The zero-order valence-electron chi connectivity index (χ0n) is 12.2. The van der Waals surface area contributed by atoms with E-state index >= 15 is 0 Å². The van der Waals surface area contributed by atoms with Gasteiger partial charge >= 0.3 is 0 Å². The molecule has 0 aliphatic carbocycles. The van der Waals surface area contributed by atoms with Gasteiger partial charge in [-0.3, -0.25) is 4.79 Å². The van der Waals surface area contributed by atoms with Crippen LogP contribution in [-0.2, 0) is 14.6 Å². The number of amides is 1. The van der Waals surface area contributed by atoms with Gasteiger partial charge in [-0.05, 0) is 37.6 Å². The van der Waals surface area contributed by atoms with Crippen molar-refractivity contribution in [1.82, 2.24) is 0 Å². The highest BCUT2D eigenvalue weighted by atomic mass is 32.2. The molecule has 2 rings (SSSR count). The highest BCUT2D eigenvalue weighted by molar-refractivity contribution is 7.91. The molecule has 0 saturated carbocycles. The normalized spacial score (nSPS) is 18.3. The van der Waals surface area contributed by atoms with E-state index in [1.165, 1.54) is 17.0 Å². The Morgan fingerprint density at radius 3 is 2.71 bits per heavy atom. The predicted octanol–water partition coefficient (Wildman–Crippen LogP) is 0.943. The van der Waals surface area contributed by atoms with Crippen molar-refractivity contribution in [2.24, 2.45) is 5.73 Å². The van der Waals surface area contributed by atoms with Crippen molar-refractivity contribution in [3.63, 3.8) is 0 Å². The van der Waals surface area contributed by atoms with E-state index in [1.54, 1.807) is 13.1 Å². The molecular formula is C14H20N2O4S. The van der Waals surface area contributed by atoms with Crippen LogP contribution in [0, 0.1) is 0 Å². The highest BCUT2D eigenvalue weighted by Crippen LogP contribution is 2.35. The number of carbonyl (C=O) groups is 1. The van der Waals surface area contributed by atoms with Crippen LogP contribution in [0.3, 0.4) is 0 Å². The van der Waals surface area contributed by atoms with Crippen LogP contribution in [0.4, 0.5) is 5.69 Å². The number of anilines is 1. The summed E-state index contributed by atoms with van der Waals surface area (Å²) in [7, 11) is -1.76. The van der Waals surface area contributed by atoms with E-state index in [2.05, 4.69) is 0 Å². The summed E-state index contributed by atoms with van der Waals surface area (Å²) in [5.74, 6) is 0.363. The minimum absolute atomic E-state index is 0.00160. The predicted molar refractivity (Wildman–Crippen MR) is 80.3 cm³/mol. The molecule has 0 aromatic heterocycles. The average molecular weight is 312 g/mol. The first-order valence-electron chi connectivity index (χ1n) is 6.91. The number of likely N-dealkylation sites (N-methyl/N-ethyl adjacent to an activating group) is 1. The molecule has 7 heteroatoms. The Morgan fingerprint density at radius 1 is 1.38 bits per heavy atom. The maximum Gasteiger partial charge on any atom is 0.267 e. The first kappa shape index (κ1) is 15.8. The van der Waals surface area contributed by atoms with Gasteiger partial charge in [0.2, 0.25) is 0 Å². The Kier molecular flexibility index (Phi) is 4.53. The van der Waals surface area contributed by atoms with Crippen LogP contribution < -0.4 is 15.4 Å². The fourth-order valence-electron chi connectivity index (χ4n) is 2.24. The van der Waals surface area contributed by atoms with E-state index in [-0.39, 0.29) is 16.6 Å². The van der Waals surface area contributed by atoms with Gasteiger partial charge in [-0.2, -0.15) is 0 Å². The van der Waals surface area contributed by atoms with Gasteiger partial charge in [0.15, 0.2) is 15.9 Å². The molecule has 0 radical (unpaired) electrons. The van der Waals surface area contributed by atoms with Crippen molar-refractivity contribution in [2.75, 3.05) is 24.2 Å². The third-order valence-electron chi connectivity index (χ3n) is 3.51. The van der Waals surface area contributed by atoms with Crippen molar-refractivity contribution in [3.05, 3.63) is 18.2 Å². The molecule has 1 heterocycles. The molecule has 0 saturated heterocycles. The zero-order chi connectivity index (χ0) is 15.6. The molecule has 2 N–H and O–H groups in total. The Labute approximate surface area is 124 Å². The smallest absolute Gasteiger partial charge is 0.267 e. The van der Waals surface area contributed by atoms with Crippen molar-refractivity contribution in [3.8, 4) is 5.75 Å². The molecule has 1 aliphatic heterocycles. The fourth-order valence-corrected chi connectivity index (χ4v) is 3.59. The molecule has 1 aromatic rings. The summed E-state index contributed by atoms with van der Waals surface area (Å²) >= 11 is 0. The van der Waals surface area contributed by atoms with Gasteiger partial charge in [0.05, 0.1) is 16.3 Å². The lowest BCUT2D eigenvalue weighted by molar-refractivity contribution is -0.126. The Hall–Kier alpha value is -1.60. The number of sulfone groups is 1. The number of carbonyl (C=O) groups excluding carboxylic acids is 1. The number of hydrogen-bond donors (Lipinski definition) is 1. The van der Waals surface area contributed by atoms with Gasteiger partial charge in [0.1, 0.15) is 5.75 Å². The summed E-state index contributed by atoms with van der Waals surface area (Å²) in [6.45, 7) is 2.19. The fraction of sp³-hybridized carbons (Fsp3) is 0.500. The molecule has 21 heavy (non-hydrogen) atoms. The second kappa shape index (κ2) is 6.03. The topological polar surface area (TPSA) is 89.7 Å². The van der Waals surface area contributed by atoms with Crippen LogP contribution in [0.1, 0.15) is 19.8 Å². The lowest BCUT2D eigenvalue weighted by Gasteiger charge is -2.31. The number of hydrogen-bond acceptors (Lipinski definition) is 5. The third-order valence-corrected chi connectivity index (χ3v) is 5.31. The van der Waals surface area contributed by atoms with Crippen molar-refractivity contribution >= 4 is 21.4 Å². The van der Waals surface area contributed by atoms with E-state index in [4.69, 9.17) is 10.5 Å². The van der Waals surface area contributed by atoms with Gasteiger partial charge < -0.3 is 15.4 Å². The van der Waals surface area contributed by atoms with E-state index < -0.39 is 15.9 Å². The third kappa shape index (κ3) is 3.03. The minimum Gasteiger partial charge on any atom is -0.478 e. The molecule has 1 aromatic carbocycles. The van der Waals surface area contributed by atoms with Gasteiger partial charge in [-0.15, -0.1) is 0 Å². The molecule has 6 nitrogen and oxygen atoms in total. The standard InChI is InChI=1S/C14H20N2O4S/c1-3-12-14(17)16(2)11-9-10(5-6-13(11)20-12)21(18,19)8-4-7-15/h5-6,9,12H,3-4,7-8,15H2,1-2H3. The molecule has 1 unspecified atom stereocenters. The Morgan fingerprint density at radius 2 is 2.10 bits per heavy atom. The summed E-state index contributed by atoms with van der Waals surface area (Å²) in [6.07, 6.45) is 0.462. The Bertz CT molecular complexity index is 642. The van der Waals surface area contributed by atoms with Crippen LogP contribution in [-0.4, -0.2) is 39.8 Å². The summed E-state index contributed by atoms with van der Waals surface area (Å²) in [5, 5.41) is 0. The largest absolute Gasteiger partial charge is 0.478 e. The van der Waals surface area contributed by atoms with Crippen molar-refractivity contribution in [2.45, 2.75) is 30.8 Å². The first-order chi connectivity index (χ1) is 9.90. The van der Waals surface area contributed by atoms with Gasteiger partial charge in [-0.25, -0.2) is 8.42 Å². The van der Waals surface area contributed by atoms with Crippen molar-refractivity contribution in [1.29, 1.82) is 0 Å². The SMILES string of the molecule is CCC1Oc2ccc(S(=O)(=O)CCCN)cc2N(C)C1=O. The van der Waals surface area contributed by atoms with Crippen LogP contribution >= 0.6 is 0 Å². The van der Waals surface area contributed by atoms with Gasteiger partial charge in [0.25, 0.3) is 5.91 Å². The number of fused-ring (bicyclic) bond motifs is 1.